The maximum Gasteiger partial charge on any atom is 0.251 e. The second-order valence-corrected chi connectivity index (χ2v) is 3.86. The lowest BCUT2D eigenvalue weighted by molar-refractivity contribution is -0.147. The van der Waals surface area contributed by atoms with Crippen molar-refractivity contribution in [2.24, 2.45) is 11.7 Å². The van der Waals surface area contributed by atoms with E-state index in [1.54, 1.807) is 0 Å². The van der Waals surface area contributed by atoms with Crippen LogP contribution in [0.1, 0.15) is 13.3 Å². The van der Waals surface area contributed by atoms with Gasteiger partial charge in [0.2, 0.25) is 0 Å². The van der Waals surface area contributed by atoms with Gasteiger partial charge in [-0.15, -0.1) is 0 Å². The molecule has 1 aliphatic rings. The smallest absolute Gasteiger partial charge is 0.251 e. The molecule has 0 aromatic rings. The molecule has 2 unspecified atom stereocenters. The van der Waals surface area contributed by atoms with Crippen LogP contribution >= 0.6 is 0 Å². The molecule has 1 fully saturated rings. The number of carbonyl (C=O) groups is 1. The van der Waals surface area contributed by atoms with Crippen LogP contribution in [-0.4, -0.2) is 44.9 Å². The number of nitrogens with two attached hydrogens (primary N) is 1. The minimum absolute atomic E-state index is 0.0847. The molecule has 1 amide bonds. The fourth-order valence-corrected chi connectivity index (χ4v) is 1.41. The Morgan fingerprint density at radius 3 is 3.00 bits per heavy atom. The van der Waals surface area contributed by atoms with Crippen LogP contribution in [0.15, 0.2) is 0 Å². The van der Waals surface area contributed by atoms with Gasteiger partial charge in [0.1, 0.15) is 0 Å². The van der Waals surface area contributed by atoms with Gasteiger partial charge in [-0.1, -0.05) is 6.92 Å². The summed E-state index contributed by atoms with van der Waals surface area (Å²) in [5.74, 6) is 0.321. The number of rotatable bonds is 5. The first-order valence-corrected chi connectivity index (χ1v) is 5.41. The van der Waals surface area contributed by atoms with Gasteiger partial charge in [0.05, 0.1) is 19.8 Å². The van der Waals surface area contributed by atoms with Crippen LogP contribution in [0, 0.1) is 5.92 Å². The maximum absolute atomic E-state index is 11.6. The molecule has 0 bridgehead atoms. The van der Waals surface area contributed by atoms with Crippen molar-refractivity contribution in [2.75, 3.05) is 32.9 Å². The van der Waals surface area contributed by atoms with Crippen LogP contribution in [0.5, 0.6) is 0 Å². The average molecular weight is 216 g/mol. The first kappa shape index (κ1) is 12.4. The predicted molar refractivity (Wildman–Crippen MR) is 56.4 cm³/mol. The van der Waals surface area contributed by atoms with E-state index in [9.17, 15) is 4.79 Å². The normalized spacial score (nSPS) is 23.5. The summed E-state index contributed by atoms with van der Waals surface area (Å²) in [6, 6.07) is 0. The summed E-state index contributed by atoms with van der Waals surface area (Å²) in [4.78, 5) is 11.6. The van der Waals surface area contributed by atoms with E-state index < -0.39 is 6.10 Å². The first-order chi connectivity index (χ1) is 7.24. The van der Waals surface area contributed by atoms with E-state index in [1.807, 2.05) is 0 Å². The number of carbonyl (C=O) groups excluding carboxylic acids is 1. The zero-order chi connectivity index (χ0) is 11.1. The number of nitrogens with one attached hydrogen (secondary N) is 1. The molecule has 0 aromatic heterocycles. The lowest BCUT2D eigenvalue weighted by Gasteiger charge is -2.22. The van der Waals surface area contributed by atoms with E-state index >= 15 is 0 Å². The van der Waals surface area contributed by atoms with Crippen LogP contribution in [-0.2, 0) is 14.3 Å². The fraction of sp³-hybridized carbons (Fsp3) is 0.900. The Kier molecular flexibility index (Phi) is 5.60. The van der Waals surface area contributed by atoms with E-state index in [-0.39, 0.29) is 5.91 Å². The molecule has 0 aromatic carbocycles. The Morgan fingerprint density at radius 1 is 1.60 bits per heavy atom. The Hall–Kier alpha value is -0.650. The highest BCUT2D eigenvalue weighted by molar-refractivity contribution is 5.80. The largest absolute Gasteiger partial charge is 0.376 e. The van der Waals surface area contributed by atoms with Crippen LogP contribution < -0.4 is 11.1 Å². The van der Waals surface area contributed by atoms with E-state index in [2.05, 4.69) is 12.2 Å². The van der Waals surface area contributed by atoms with Crippen molar-refractivity contribution in [1.82, 2.24) is 5.32 Å². The zero-order valence-corrected chi connectivity index (χ0v) is 9.20. The molecule has 15 heavy (non-hydrogen) atoms. The minimum atomic E-state index is -0.441. The van der Waals surface area contributed by atoms with Gasteiger partial charge in [0.15, 0.2) is 6.10 Å². The molecule has 1 rings (SSSR count). The van der Waals surface area contributed by atoms with Crippen molar-refractivity contribution in [2.45, 2.75) is 19.4 Å². The molecule has 1 saturated heterocycles. The van der Waals surface area contributed by atoms with Gasteiger partial charge in [-0.3, -0.25) is 4.79 Å². The van der Waals surface area contributed by atoms with Crippen LogP contribution in [0.4, 0.5) is 0 Å². The van der Waals surface area contributed by atoms with Gasteiger partial charge < -0.3 is 20.5 Å². The second kappa shape index (κ2) is 6.76. The van der Waals surface area contributed by atoms with E-state index in [0.717, 1.165) is 6.42 Å². The van der Waals surface area contributed by atoms with E-state index in [0.29, 0.717) is 38.8 Å². The van der Waals surface area contributed by atoms with Crippen LogP contribution in [0.3, 0.4) is 0 Å². The fourth-order valence-electron chi connectivity index (χ4n) is 1.41. The Bertz CT molecular complexity index is 193. The second-order valence-electron chi connectivity index (χ2n) is 3.86. The summed E-state index contributed by atoms with van der Waals surface area (Å²) in [6.07, 6.45) is 0.478. The van der Waals surface area contributed by atoms with Crippen molar-refractivity contribution < 1.29 is 14.3 Å². The summed E-state index contributed by atoms with van der Waals surface area (Å²) in [5, 5.41) is 2.84. The summed E-state index contributed by atoms with van der Waals surface area (Å²) in [7, 11) is 0. The molecule has 3 N–H and O–H groups in total. The Morgan fingerprint density at radius 2 is 2.40 bits per heavy atom. The monoisotopic (exact) mass is 216 g/mol. The highest BCUT2D eigenvalue weighted by Gasteiger charge is 2.22. The molecule has 2 atom stereocenters. The molecule has 1 heterocycles. The van der Waals surface area contributed by atoms with E-state index in [1.165, 1.54) is 0 Å². The molecule has 0 saturated carbocycles. The molecule has 0 spiro atoms. The van der Waals surface area contributed by atoms with Gasteiger partial charge in [0.25, 0.3) is 5.91 Å². The SMILES string of the molecule is CC(CCN)CNC(=O)C1COCCO1. The molecule has 0 radical (unpaired) electrons. The quantitative estimate of drug-likeness (QED) is 0.650. The van der Waals surface area contributed by atoms with Gasteiger partial charge in [-0.05, 0) is 18.9 Å². The van der Waals surface area contributed by atoms with Crippen molar-refractivity contribution >= 4 is 5.91 Å². The van der Waals surface area contributed by atoms with Crippen LogP contribution in [0.2, 0.25) is 0 Å². The molecule has 1 aliphatic heterocycles. The topological polar surface area (TPSA) is 73.6 Å². The van der Waals surface area contributed by atoms with Crippen LogP contribution in [0.25, 0.3) is 0 Å². The van der Waals surface area contributed by atoms with E-state index in [4.69, 9.17) is 15.2 Å². The molecule has 5 nitrogen and oxygen atoms in total. The summed E-state index contributed by atoms with van der Waals surface area (Å²) in [5.41, 5.74) is 5.42. The third-order valence-corrected chi connectivity index (χ3v) is 2.39. The first-order valence-electron chi connectivity index (χ1n) is 5.41. The Labute approximate surface area is 90.3 Å². The summed E-state index contributed by atoms with van der Waals surface area (Å²) >= 11 is 0. The molecular formula is C10H20N2O3. The molecular weight excluding hydrogens is 196 g/mol. The molecule has 0 aliphatic carbocycles. The standard InChI is InChI=1S/C10H20N2O3/c1-8(2-3-11)6-12-10(13)9-7-14-4-5-15-9/h8-9H,2-7,11H2,1H3,(H,12,13). The van der Waals surface area contributed by atoms with Gasteiger partial charge >= 0.3 is 0 Å². The highest BCUT2D eigenvalue weighted by Crippen LogP contribution is 2.02. The van der Waals surface area contributed by atoms with Crippen molar-refractivity contribution in [3.63, 3.8) is 0 Å². The molecule has 5 heteroatoms. The Balaban J connectivity index is 2.16. The third kappa shape index (κ3) is 4.59. The van der Waals surface area contributed by atoms with Crippen molar-refractivity contribution in [1.29, 1.82) is 0 Å². The highest BCUT2D eigenvalue weighted by atomic mass is 16.6. The molecule has 88 valence electrons. The minimum Gasteiger partial charge on any atom is -0.376 e. The van der Waals surface area contributed by atoms with Gasteiger partial charge in [-0.2, -0.15) is 0 Å². The lowest BCUT2D eigenvalue weighted by atomic mass is 10.1. The maximum atomic E-state index is 11.6. The lowest BCUT2D eigenvalue weighted by Crippen LogP contribution is -2.44. The number of ether oxygens (including phenoxy) is 2. The predicted octanol–water partition coefficient (Wildman–Crippen LogP) is -0.497. The zero-order valence-electron chi connectivity index (χ0n) is 9.20. The average Bonchev–Trinajstić information content (AvgIpc) is 2.27. The number of hydrogen-bond donors (Lipinski definition) is 2. The number of amides is 1. The van der Waals surface area contributed by atoms with Crippen molar-refractivity contribution in [3.05, 3.63) is 0 Å². The van der Waals surface area contributed by atoms with Gasteiger partial charge in [0, 0.05) is 6.54 Å². The number of hydrogen-bond acceptors (Lipinski definition) is 4. The van der Waals surface area contributed by atoms with Gasteiger partial charge in [-0.25, -0.2) is 0 Å². The summed E-state index contributed by atoms with van der Waals surface area (Å²) in [6.45, 7) is 4.79. The summed E-state index contributed by atoms with van der Waals surface area (Å²) < 4.78 is 10.4. The van der Waals surface area contributed by atoms with Crippen molar-refractivity contribution in [3.8, 4) is 0 Å². The third-order valence-electron chi connectivity index (χ3n) is 2.39.